The van der Waals surface area contributed by atoms with E-state index in [-0.39, 0.29) is 29.0 Å². The van der Waals surface area contributed by atoms with Crippen LogP contribution in [-0.2, 0) is 0 Å². The first-order valence-electron chi connectivity index (χ1n) is 9.87. The Kier molecular flexibility index (Phi) is 6.09. The van der Waals surface area contributed by atoms with Gasteiger partial charge in [0.2, 0.25) is 0 Å². The Bertz CT molecular complexity index is 1120. The minimum absolute atomic E-state index is 0.0438. The quantitative estimate of drug-likeness (QED) is 0.455. The molecule has 1 aromatic heterocycles. The van der Waals surface area contributed by atoms with Crippen LogP contribution in [0.25, 0.3) is 0 Å². The van der Waals surface area contributed by atoms with Crippen LogP contribution in [0, 0.1) is 0 Å². The van der Waals surface area contributed by atoms with E-state index in [2.05, 4.69) is 15.7 Å². The number of hydrogen-bond donors (Lipinski definition) is 2. The summed E-state index contributed by atoms with van der Waals surface area (Å²) in [6.45, 7) is 1.77. The van der Waals surface area contributed by atoms with Gasteiger partial charge in [0.05, 0.1) is 12.1 Å². The van der Waals surface area contributed by atoms with Crippen molar-refractivity contribution in [2.24, 2.45) is 0 Å². The van der Waals surface area contributed by atoms with E-state index in [0.717, 1.165) is 10.2 Å². The number of halogens is 5. The van der Waals surface area contributed by atoms with Crippen molar-refractivity contribution in [1.29, 1.82) is 0 Å². The summed E-state index contributed by atoms with van der Waals surface area (Å²) in [6.07, 6.45) is -4.89. The Hall–Kier alpha value is -2.71. The molecule has 1 aliphatic rings. The maximum Gasteiger partial charge on any atom is 0.410 e. The van der Waals surface area contributed by atoms with Crippen LogP contribution >= 0.6 is 23.2 Å². The molecule has 2 aromatic carbocycles. The number of nitrogens with zero attached hydrogens (tertiary/aromatic N) is 2. The maximum atomic E-state index is 13.9. The summed E-state index contributed by atoms with van der Waals surface area (Å²) in [4.78, 5) is 12.8. The van der Waals surface area contributed by atoms with Crippen LogP contribution in [-0.4, -0.2) is 21.9 Å². The molecule has 168 valence electrons. The summed E-state index contributed by atoms with van der Waals surface area (Å²) in [6, 6.07) is 12.7. The van der Waals surface area contributed by atoms with Crippen molar-refractivity contribution in [2.75, 3.05) is 5.32 Å². The molecule has 0 spiro atoms. The summed E-state index contributed by atoms with van der Waals surface area (Å²) in [7, 11) is 0. The van der Waals surface area contributed by atoms with E-state index in [0.29, 0.717) is 10.6 Å². The van der Waals surface area contributed by atoms with Crippen LogP contribution in [0.15, 0.2) is 54.6 Å². The molecule has 0 radical (unpaired) electrons. The van der Waals surface area contributed by atoms with Crippen molar-refractivity contribution in [3.63, 3.8) is 0 Å². The van der Waals surface area contributed by atoms with Crippen LogP contribution in [0.3, 0.4) is 0 Å². The first-order chi connectivity index (χ1) is 15.1. The number of alkyl halides is 3. The van der Waals surface area contributed by atoms with Gasteiger partial charge in [-0.1, -0.05) is 65.7 Å². The summed E-state index contributed by atoms with van der Waals surface area (Å²) < 4.78 is 42.4. The summed E-state index contributed by atoms with van der Waals surface area (Å²) >= 11 is 12.3. The van der Waals surface area contributed by atoms with Crippen LogP contribution in [0.1, 0.15) is 53.1 Å². The lowest BCUT2D eigenvalue weighted by molar-refractivity contribution is -0.173. The van der Waals surface area contributed by atoms with E-state index in [1.165, 1.54) is 0 Å². The second kappa shape index (κ2) is 8.67. The minimum Gasteiger partial charge on any atom is -0.362 e. The smallest absolute Gasteiger partial charge is 0.362 e. The molecule has 1 aliphatic heterocycles. The maximum absolute atomic E-state index is 13.9. The lowest BCUT2D eigenvalue weighted by Crippen LogP contribution is -2.36. The molecular weight excluding hydrogens is 464 g/mol. The normalized spacial score (nSPS) is 19.1. The predicted octanol–water partition coefficient (Wildman–Crippen LogP) is 6.34. The van der Waals surface area contributed by atoms with E-state index >= 15 is 0 Å². The number of rotatable bonds is 4. The monoisotopic (exact) mass is 482 g/mol. The molecule has 0 bridgehead atoms. The molecule has 5 nitrogen and oxygen atoms in total. The van der Waals surface area contributed by atoms with Crippen molar-refractivity contribution in [1.82, 2.24) is 15.1 Å². The molecule has 0 aliphatic carbocycles. The Morgan fingerprint density at radius 2 is 1.81 bits per heavy atom. The molecule has 2 heterocycles. The molecule has 3 atom stereocenters. The Balaban J connectivity index is 1.66. The number of carbonyl (C=O) groups is 1. The van der Waals surface area contributed by atoms with Gasteiger partial charge in [0.25, 0.3) is 5.91 Å². The molecule has 0 saturated carbocycles. The lowest BCUT2D eigenvalue weighted by atomic mass is 9.97. The molecule has 3 aromatic rings. The van der Waals surface area contributed by atoms with E-state index in [1.807, 2.05) is 30.3 Å². The highest BCUT2D eigenvalue weighted by atomic mass is 35.5. The van der Waals surface area contributed by atoms with Crippen LogP contribution in [0.2, 0.25) is 10.0 Å². The molecule has 0 fully saturated rings. The number of nitrogens with one attached hydrogen (secondary N) is 2. The third-order valence-electron chi connectivity index (χ3n) is 5.43. The van der Waals surface area contributed by atoms with Gasteiger partial charge < -0.3 is 10.6 Å². The van der Waals surface area contributed by atoms with Crippen LogP contribution < -0.4 is 10.6 Å². The molecule has 10 heteroatoms. The van der Waals surface area contributed by atoms with Crippen molar-refractivity contribution in [3.05, 3.63) is 81.5 Å². The van der Waals surface area contributed by atoms with E-state index in [9.17, 15) is 18.0 Å². The topological polar surface area (TPSA) is 59.0 Å². The number of benzene rings is 2. The van der Waals surface area contributed by atoms with E-state index in [1.54, 1.807) is 31.2 Å². The van der Waals surface area contributed by atoms with Crippen molar-refractivity contribution >= 4 is 34.9 Å². The molecule has 1 amide bonds. The van der Waals surface area contributed by atoms with Gasteiger partial charge in [-0.3, -0.25) is 4.79 Å². The summed E-state index contributed by atoms with van der Waals surface area (Å²) in [5.74, 6) is -0.697. The Labute approximate surface area is 192 Å². The van der Waals surface area contributed by atoms with E-state index < -0.39 is 24.2 Å². The number of aromatic nitrogens is 2. The Morgan fingerprint density at radius 1 is 1.16 bits per heavy atom. The van der Waals surface area contributed by atoms with E-state index in [4.69, 9.17) is 23.2 Å². The molecule has 0 unspecified atom stereocenters. The van der Waals surface area contributed by atoms with Crippen LogP contribution in [0.5, 0.6) is 0 Å². The molecule has 2 N–H and O–H groups in total. The fourth-order valence-electron chi connectivity index (χ4n) is 3.74. The molecular formula is C22H19Cl2F3N4O. The fraction of sp³-hybridized carbons (Fsp3) is 0.273. The largest absolute Gasteiger partial charge is 0.410 e. The zero-order valence-corrected chi connectivity index (χ0v) is 18.3. The van der Waals surface area contributed by atoms with Crippen molar-refractivity contribution in [2.45, 2.75) is 37.6 Å². The first kappa shape index (κ1) is 22.5. The second-order valence-electron chi connectivity index (χ2n) is 7.60. The predicted molar refractivity (Wildman–Crippen MR) is 117 cm³/mol. The zero-order chi connectivity index (χ0) is 23.0. The van der Waals surface area contributed by atoms with Gasteiger partial charge in [-0.2, -0.15) is 18.3 Å². The second-order valence-corrected chi connectivity index (χ2v) is 8.42. The number of anilines is 1. The SMILES string of the molecule is C[C@H](NC(=O)c1nn2c(c1Cl)N[C@H](c1ccc(Cl)cc1)C[C@@H]2C(F)(F)F)c1ccccc1. The van der Waals surface area contributed by atoms with Gasteiger partial charge in [-0.15, -0.1) is 0 Å². The van der Waals surface area contributed by atoms with Crippen molar-refractivity contribution < 1.29 is 18.0 Å². The summed E-state index contributed by atoms with van der Waals surface area (Å²) in [5, 5.41) is 10.0. The summed E-state index contributed by atoms with van der Waals surface area (Å²) in [5.41, 5.74) is 1.20. The standard InChI is InChI=1S/C22H19Cl2F3N4O/c1-12(13-5-3-2-4-6-13)28-21(32)19-18(24)20-29-16(14-7-9-15(23)10-8-14)11-17(22(25,26)27)31(20)30-19/h2-10,12,16-17,29H,11H2,1H3,(H,28,32)/t12-,16-,17+/m0/s1. The van der Waals surface area contributed by atoms with Crippen LogP contribution in [0.4, 0.5) is 19.0 Å². The highest BCUT2D eigenvalue weighted by Crippen LogP contribution is 2.46. The van der Waals surface area contributed by atoms with Gasteiger partial charge in [0.15, 0.2) is 11.7 Å². The van der Waals surface area contributed by atoms with Crippen molar-refractivity contribution in [3.8, 4) is 0 Å². The Morgan fingerprint density at radius 3 is 2.44 bits per heavy atom. The number of fused-ring (bicyclic) bond motifs is 1. The number of amides is 1. The molecule has 32 heavy (non-hydrogen) atoms. The van der Waals surface area contributed by atoms with Gasteiger partial charge in [-0.25, -0.2) is 4.68 Å². The fourth-order valence-corrected chi connectivity index (χ4v) is 4.13. The van der Waals surface area contributed by atoms with Gasteiger partial charge in [0, 0.05) is 11.4 Å². The number of hydrogen-bond acceptors (Lipinski definition) is 3. The highest BCUT2D eigenvalue weighted by Gasteiger charge is 2.47. The first-order valence-corrected chi connectivity index (χ1v) is 10.6. The zero-order valence-electron chi connectivity index (χ0n) is 16.8. The lowest BCUT2D eigenvalue weighted by Gasteiger charge is -2.33. The minimum atomic E-state index is -4.58. The van der Waals surface area contributed by atoms with Gasteiger partial charge in [0.1, 0.15) is 10.8 Å². The third-order valence-corrected chi connectivity index (χ3v) is 6.04. The number of carbonyl (C=O) groups excluding carboxylic acids is 1. The van der Waals surface area contributed by atoms with Gasteiger partial charge >= 0.3 is 6.18 Å². The molecule has 0 saturated heterocycles. The van der Waals surface area contributed by atoms with Gasteiger partial charge in [-0.05, 0) is 30.2 Å². The highest BCUT2D eigenvalue weighted by molar-refractivity contribution is 6.36. The third kappa shape index (κ3) is 4.42. The molecule has 4 rings (SSSR count). The average molecular weight is 483 g/mol. The average Bonchev–Trinajstić information content (AvgIpc) is 3.10.